The van der Waals surface area contributed by atoms with E-state index >= 15 is 0 Å². The molecule has 152 valence electrons. The van der Waals surface area contributed by atoms with E-state index in [0.29, 0.717) is 23.2 Å². The molecule has 3 nitrogen and oxygen atoms in total. The van der Waals surface area contributed by atoms with Crippen LogP contribution in [0.15, 0.2) is 25.3 Å². The van der Waals surface area contributed by atoms with Gasteiger partial charge >= 0.3 is 0 Å². The van der Waals surface area contributed by atoms with Crippen LogP contribution in [0.2, 0.25) is 16.6 Å². The highest BCUT2D eigenvalue weighted by molar-refractivity contribution is 6.77. The number of hydrogen-bond donors (Lipinski definition) is 0. The summed E-state index contributed by atoms with van der Waals surface area (Å²) in [5.41, 5.74) is 1.65. The summed E-state index contributed by atoms with van der Waals surface area (Å²) in [6.45, 7) is 26.5. The van der Waals surface area contributed by atoms with Crippen LogP contribution in [0.25, 0.3) is 0 Å². The molecule has 0 bridgehead atoms. The Bertz CT molecular complexity index is 435. The number of rotatable bonds is 10. The molecule has 0 aromatic heterocycles. The topological polar surface area (TPSA) is 27.7 Å². The zero-order chi connectivity index (χ0) is 20.1. The third-order valence-corrected chi connectivity index (χ3v) is 12.0. The smallest absolute Gasteiger partial charge is 0.200 e. The van der Waals surface area contributed by atoms with Crippen molar-refractivity contribution in [2.75, 3.05) is 6.61 Å². The Labute approximate surface area is 163 Å². The Morgan fingerprint density at radius 3 is 2.00 bits per heavy atom. The summed E-state index contributed by atoms with van der Waals surface area (Å²) in [7, 11) is -1.98. The molecule has 1 heterocycles. The van der Waals surface area contributed by atoms with Gasteiger partial charge in [0.05, 0.1) is 18.8 Å². The first kappa shape index (κ1) is 23.6. The Morgan fingerprint density at radius 2 is 1.58 bits per heavy atom. The van der Waals surface area contributed by atoms with E-state index in [1.807, 2.05) is 26.0 Å². The van der Waals surface area contributed by atoms with Crippen molar-refractivity contribution < 1.29 is 13.9 Å². The molecule has 1 aliphatic heterocycles. The summed E-state index contributed by atoms with van der Waals surface area (Å²) >= 11 is 0. The first-order valence-electron chi connectivity index (χ1n) is 10.2. The van der Waals surface area contributed by atoms with E-state index in [1.54, 1.807) is 0 Å². The predicted molar refractivity (Wildman–Crippen MR) is 114 cm³/mol. The molecule has 0 aliphatic carbocycles. The van der Waals surface area contributed by atoms with Gasteiger partial charge in [-0.2, -0.15) is 0 Å². The van der Waals surface area contributed by atoms with Crippen molar-refractivity contribution in [1.29, 1.82) is 0 Å². The van der Waals surface area contributed by atoms with E-state index in [9.17, 15) is 0 Å². The minimum Gasteiger partial charge on any atom is -0.412 e. The van der Waals surface area contributed by atoms with E-state index in [1.165, 1.54) is 0 Å². The maximum atomic E-state index is 7.12. The van der Waals surface area contributed by atoms with Crippen LogP contribution < -0.4 is 0 Å². The number of ether oxygens (including phenoxy) is 2. The summed E-state index contributed by atoms with van der Waals surface area (Å²) in [6, 6.07) is 0. The number of hydrogen-bond acceptors (Lipinski definition) is 3. The lowest BCUT2D eigenvalue weighted by Gasteiger charge is -2.49. The minimum atomic E-state index is -1.98. The fourth-order valence-electron chi connectivity index (χ4n) is 4.77. The van der Waals surface area contributed by atoms with E-state index in [2.05, 4.69) is 54.7 Å². The lowest BCUT2D eigenvalue weighted by Crippen LogP contribution is -2.56. The highest BCUT2D eigenvalue weighted by Crippen LogP contribution is 2.45. The third kappa shape index (κ3) is 5.31. The van der Waals surface area contributed by atoms with Crippen LogP contribution in [0.3, 0.4) is 0 Å². The molecule has 0 aromatic carbocycles. The third-order valence-electron chi connectivity index (χ3n) is 5.87. The van der Waals surface area contributed by atoms with Crippen molar-refractivity contribution in [3.8, 4) is 0 Å². The molecule has 0 amide bonds. The van der Waals surface area contributed by atoms with Crippen LogP contribution in [0.5, 0.6) is 0 Å². The van der Waals surface area contributed by atoms with Crippen molar-refractivity contribution in [2.45, 2.75) is 103 Å². The predicted octanol–water partition coefficient (Wildman–Crippen LogP) is 6.47. The van der Waals surface area contributed by atoms with Gasteiger partial charge in [-0.25, -0.2) is 0 Å². The van der Waals surface area contributed by atoms with Gasteiger partial charge in [-0.1, -0.05) is 53.7 Å². The van der Waals surface area contributed by atoms with Crippen LogP contribution in [0.1, 0.15) is 68.2 Å². The molecule has 0 spiro atoms. The zero-order valence-electron chi connectivity index (χ0n) is 18.4. The SMILES string of the molecule is C=CC[C@@H]1OC(C)(C)OC[C@@H]1[C@@H](CC=C)O[Si](C(C)C)(C(C)C)C(C)C. The second kappa shape index (κ2) is 9.68. The average molecular weight is 383 g/mol. The molecule has 1 saturated heterocycles. The van der Waals surface area contributed by atoms with Crippen molar-refractivity contribution in [2.24, 2.45) is 5.92 Å². The van der Waals surface area contributed by atoms with E-state index in [4.69, 9.17) is 13.9 Å². The van der Waals surface area contributed by atoms with Crippen molar-refractivity contribution >= 4 is 8.32 Å². The lowest BCUT2D eigenvalue weighted by atomic mass is 9.91. The molecular weight excluding hydrogens is 340 g/mol. The van der Waals surface area contributed by atoms with Gasteiger partial charge in [0.25, 0.3) is 0 Å². The largest absolute Gasteiger partial charge is 0.412 e. The summed E-state index contributed by atoms with van der Waals surface area (Å²) in [5, 5.41) is 0. The van der Waals surface area contributed by atoms with E-state index in [0.717, 1.165) is 12.8 Å². The van der Waals surface area contributed by atoms with Crippen LogP contribution in [0.4, 0.5) is 0 Å². The van der Waals surface area contributed by atoms with E-state index < -0.39 is 14.1 Å². The zero-order valence-corrected chi connectivity index (χ0v) is 19.4. The second-order valence-corrected chi connectivity index (χ2v) is 14.5. The van der Waals surface area contributed by atoms with Crippen LogP contribution in [-0.4, -0.2) is 32.9 Å². The van der Waals surface area contributed by atoms with Gasteiger partial charge in [0, 0.05) is 5.92 Å². The standard InChI is InChI=1S/C22H42O3Si/c1-11-13-20-19(15-23-22(9,10)24-20)21(14-12-2)25-26(16(3)4,17(5)6)18(7)8/h11-12,16-21H,1-2,13-15H2,3-10H3/t19-,20-,21+/m0/s1. The molecule has 0 aromatic rings. The van der Waals surface area contributed by atoms with E-state index in [-0.39, 0.29) is 18.1 Å². The molecule has 1 rings (SSSR count). The summed E-state index contributed by atoms with van der Waals surface area (Å²) in [5.74, 6) is -0.354. The molecule has 0 N–H and O–H groups in total. The molecule has 4 heteroatoms. The molecule has 0 unspecified atom stereocenters. The lowest BCUT2D eigenvalue weighted by molar-refractivity contribution is -0.300. The molecule has 3 atom stereocenters. The highest BCUT2D eigenvalue weighted by atomic mass is 28.4. The molecule has 26 heavy (non-hydrogen) atoms. The monoisotopic (exact) mass is 382 g/mol. The first-order chi connectivity index (χ1) is 12.0. The second-order valence-electron chi connectivity index (χ2n) is 9.05. The van der Waals surface area contributed by atoms with Gasteiger partial charge in [0.15, 0.2) is 5.79 Å². The first-order valence-corrected chi connectivity index (χ1v) is 12.4. The van der Waals surface area contributed by atoms with Gasteiger partial charge in [-0.15, -0.1) is 13.2 Å². The van der Waals surface area contributed by atoms with Crippen molar-refractivity contribution in [3.05, 3.63) is 25.3 Å². The fraction of sp³-hybridized carbons (Fsp3) is 0.818. The summed E-state index contributed by atoms with van der Waals surface area (Å²) < 4.78 is 19.4. The quantitative estimate of drug-likeness (QED) is 0.320. The Balaban J connectivity index is 3.19. The Morgan fingerprint density at radius 1 is 1.04 bits per heavy atom. The van der Waals surface area contributed by atoms with Gasteiger partial charge in [0.2, 0.25) is 8.32 Å². The molecule has 0 saturated carbocycles. The van der Waals surface area contributed by atoms with Gasteiger partial charge in [-0.05, 0) is 43.3 Å². The maximum absolute atomic E-state index is 7.12. The van der Waals surface area contributed by atoms with Crippen LogP contribution >= 0.6 is 0 Å². The van der Waals surface area contributed by atoms with Crippen molar-refractivity contribution in [1.82, 2.24) is 0 Å². The van der Waals surface area contributed by atoms with Crippen molar-refractivity contribution in [3.63, 3.8) is 0 Å². The maximum Gasteiger partial charge on any atom is 0.200 e. The molecule has 1 fully saturated rings. The molecule has 0 radical (unpaired) electrons. The van der Waals surface area contributed by atoms with Gasteiger partial charge in [0.1, 0.15) is 0 Å². The van der Waals surface area contributed by atoms with Gasteiger partial charge in [-0.3, -0.25) is 0 Å². The summed E-state index contributed by atoms with van der Waals surface area (Å²) in [4.78, 5) is 0. The Kier molecular flexibility index (Phi) is 8.79. The summed E-state index contributed by atoms with van der Waals surface area (Å²) in [6.07, 6.45) is 5.71. The molecular formula is C22H42O3Si. The normalized spacial score (nSPS) is 24.9. The fourth-order valence-corrected chi connectivity index (χ4v) is 10.4. The molecule has 1 aliphatic rings. The average Bonchev–Trinajstić information content (AvgIpc) is 2.50. The highest BCUT2D eigenvalue weighted by Gasteiger charge is 2.49. The van der Waals surface area contributed by atoms with Gasteiger partial charge < -0.3 is 13.9 Å². The Hall–Kier alpha value is -0.423. The minimum absolute atomic E-state index is 0.0689. The van der Waals surface area contributed by atoms with Crippen LogP contribution in [0, 0.1) is 5.92 Å². The van der Waals surface area contributed by atoms with Crippen LogP contribution in [-0.2, 0) is 13.9 Å².